The summed E-state index contributed by atoms with van der Waals surface area (Å²) in [5.74, 6) is 0. The summed E-state index contributed by atoms with van der Waals surface area (Å²) in [6.45, 7) is 0. The zero-order valence-electron chi connectivity index (χ0n) is 15.8. The third kappa shape index (κ3) is 2.08. The van der Waals surface area contributed by atoms with Crippen LogP contribution < -0.4 is 0 Å². The van der Waals surface area contributed by atoms with Gasteiger partial charge in [0.15, 0.2) is 0 Å². The molecule has 138 valence electrons. The predicted octanol–water partition coefficient (Wildman–Crippen LogP) is 6.43. The van der Waals surface area contributed by atoms with Gasteiger partial charge in [-0.05, 0) is 42.5 Å². The number of benzene rings is 4. The first kappa shape index (κ1) is 16.4. The van der Waals surface area contributed by atoms with Crippen molar-refractivity contribution in [1.29, 1.82) is 10.5 Å². The van der Waals surface area contributed by atoms with Gasteiger partial charge in [0.05, 0.1) is 39.3 Å². The maximum absolute atomic E-state index is 9.76. The summed E-state index contributed by atoms with van der Waals surface area (Å²) in [7, 11) is 0. The van der Waals surface area contributed by atoms with Crippen LogP contribution in [0.3, 0.4) is 0 Å². The van der Waals surface area contributed by atoms with Gasteiger partial charge in [-0.15, -0.1) is 0 Å². The van der Waals surface area contributed by atoms with Crippen LogP contribution in [0.15, 0.2) is 83.3 Å². The van der Waals surface area contributed by atoms with Gasteiger partial charge in [-0.2, -0.15) is 10.5 Å². The molecule has 30 heavy (non-hydrogen) atoms. The summed E-state index contributed by atoms with van der Waals surface area (Å²) >= 11 is 0. The molecule has 0 saturated carbocycles. The summed E-state index contributed by atoms with van der Waals surface area (Å²) in [6, 6.07) is 29.9. The molecular weight excluding hydrogens is 370 g/mol. The standard InChI is InChI=1S/C26H13N3O/c27-14-16-9-11-21(17(13-16)15-28)29-22-7-3-1-6-20(22)25-23(29)12-10-19-18-5-2-4-8-24(18)30-26(19)25/h1-13H. The zero-order chi connectivity index (χ0) is 20.2. The quantitative estimate of drug-likeness (QED) is 0.329. The molecule has 0 fully saturated rings. The Morgan fingerprint density at radius 1 is 0.700 bits per heavy atom. The Kier molecular flexibility index (Phi) is 3.27. The second-order valence-electron chi connectivity index (χ2n) is 7.24. The lowest BCUT2D eigenvalue weighted by atomic mass is 10.1. The molecule has 6 aromatic rings. The lowest BCUT2D eigenvalue weighted by Crippen LogP contribution is -1.98. The zero-order valence-corrected chi connectivity index (χ0v) is 15.8. The number of nitriles is 2. The number of rotatable bonds is 1. The van der Waals surface area contributed by atoms with E-state index in [0.29, 0.717) is 11.1 Å². The number of fused-ring (bicyclic) bond motifs is 7. The van der Waals surface area contributed by atoms with E-state index in [2.05, 4.69) is 41.0 Å². The van der Waals surface area contributed by atoms with Crippen LogP contribution in [-0.4, -0.2) is 4.57 Å². The topological polar surface area (TPSA) is 65.7 Å². The minimum atomic E-state index is 0.460. The Bertz CT molecular complexity index is 1720. The molecule has 0 atom stereocenters. The van der Waals surface area contributed by atoms with Crippen LogP contribution >= 0.6 is 0 Å². The molecule has 0 aliphatic rings. The summed E-state index contributed by atoms with van der Waals surface area (Å²) in [5.41, 5.74) is 5.32. The lowest BCUT2D eigenvalue weighted by Gasteiger charge is -2.10. The van der Waals surface area contributed by atoms with Crippen molar-refractivity contribution in [2.45, 2.75) is 0 Å². The van der Waals surface area contributed by atoms with Crippen LogP contribution in [0.25, 0.3) is 49.4 Å². The van der Waals surface area contributed by atoms with Crippen LogP contribution in [0.1, 0.15) is 11.1 Å². The highest BCUT2D eigenvalue weighted by Gasteiger charge is 2.19. The van der Waals surface area contributed by atoms with Crippen molar-refractivity contribution in [3.63, 3.8) is 0 Å². The molecule has 0 spiro atoms. The number of aromatic nitrogens is 1. The summed E-state index contributed by atoms with van der Waals surface area (Å²) in [6.07, 6.45) is 0. The van der Waals surface area contributed by atoms with Crippen LogP contribution in [0, 0.1) is 22.7 Å². The van der Waals surface area contributed by atoms with Crippen molar-refractivity contribution < 1.29 is 4.42 Å². The summed E-state index contributed by atoms with van der Waals surface area (Å²) < 4.78 is 8.38. The highest BCUT2D eigenvalue weighted by atomic mass is 16.3. The van der Waals surface area contributed by atoms with E-state index in [0.717, 1.165) is 49.4 Å². The van der Waals surface area contributed by atoms with E-state index in [9.17, 15) is 10.5 Å². The molecule has 0 aliphatic heterocycles. The molecule has 2 heterocycles. The summed E-state index contributed by atoms with van der Waals surface area (Å²) in [5, 5.41) is 23.2. The number of furan rings is 1. The van der Waals surface area contributed by atoms with E-state index in [4.69, 9.17) is 4.42 Å². The molecule has 0 amide bonds. The summed E-state index contributed by atoms with van der Waals surface area (Å²) in [4.78, 5) is 0. The minimum Gasteiger partial charge on any atom is -0.455 e. The normalized spacial score (nSPS) is 11.3. The van der Waals surface area contributed by atoms with Crippen LogP contribution in [0.4, 0.5) is 0 Å². The fraction of sp³-hybridized carbons (Fsp3) is 0. The van der Waals surface area contributed by atoms with E-state index >= 15 is 0 Å². The van der Waals surface area contributed by atoms with Gasteiger partial charge in [0.2, 0.25) is 0 Å². The Labute approximate surface area is 171 Å². The van der Waals surface area contributed by atoms with Crippen molar-refractivity contribution in [2.75, 3.05) is 0 Å². The van der Waals surface area contributed by atoms with Gasteiger partial charge in [-0.3, -0.25) is 0 Å². The molecule has 0 aliphatic carbocycles. The average Bonchev–Trinajstić information content (AvgIpc) is 3.34. The lowest BCUT2D eigenvalue weighted by molar-refractivity contribution is 0.673. The second kappa shape index (κ2) is 5.98. The van der Waals surface area contributed by atoms with Crippen molar-refractivity contribution >= 4 is 43.7 Å². The molecule has 6 rings (SSSR count). The van der Waals surface area contributed by atoms with Gasteiger partial charge >= 0.3 is 0 Å². The SMILES string of the molecule is N#Cc1ccc(-n2c3ccccc3c3c4oc5ccccc5c4ccc32)c(C#N)c1. The molecule has 2 aromatic heterocycles. The molecule has 4 aromatic carbocycles. The predicted molar refractivity (Wildman–Crippen MR) is 117 cm³/mol. The molecule has 0 saturated heterocycles. The smallest absolute Gasteiger partial charge is 0.145 e. The Balaban J connectivity index is 1.83. The maximum Gasteiger partial charge on any atom is 0.145 e. The van der Waals surface area contributed by atoms with Gasteiger partial charge in [-0.1, -0.05) is 36.4 Å². The molecule has 0 N–H and O–H groups in total. The third-order valence-corrected chi connectivity index (χ3v) is 5.67. The fourth-order valence-electron chi connectivity index (χ4n) is 4.38. The van der Waals surface area contributed by atoms with Gasteiger partial charge in [0, 0.05) is 16.2 Å². The van der Waals surface area contributed by atoms with Crippen molar-refractivity contribution in [1.82, 2.24) is 4.57 Å². The van der Waals surface area contributed by atoms with E-state index in [1.807, 2.05) is 42.5 Å². The van der Waals surface area contributed by atoms with Gasteiger partial charge in [0.25, 0.3) is 0 Å². The molecule has 0 bridgehead atoms. The number of nitrogens with zero attached hydrogens (tertiary/aromatic N) is 3. The Hall–Kier alpha value is -4.54. The first-order valence-electron chi connectivity index (χ1n) is 9.58. The molecule has 4 nitrogen and oxygen atoms in total. The van der Waals surface area contributed by atoms with Crippen LogP contribution in [-0.2, 0) is 0 Å². The van der Waals surface area contributed by atoms with E-state index in [1.165, 1.54) is 0 Å². The van der Waals surface area contributed by atoms with Gasteiger partial charge in [0.1, 0.15) is 17.2 Å². The number of para-hydroxylation sites is 2. The Morgan fingerprint density at radius 2 is 1.50 bits per heavy atom. The van der Waals surface area contributed by atoms with Crippen molar-refractivity contribution in [3.05, 3.63) is 90.0 Å². The monoisotopic (exact) mass is 383 g/mol. The number of hydrogen-bond acceptors (Lipinski definition) is 3. The highest BCUT2D eigenvalue weighted by Crippen LogP contribution is 2.40. The van der Waals surface area contributed by atoms with Gasteiger partial charge in [-0.25, -0.2) is 0 Å². The van der Waals surface area contributed by atoms with Crippen LogP contribution in [0.2, 0.25) is 0 Å². The average molecular weight is 383 g/mol. The van der Waals surface area contributed by atoms with E-state index in [1.54, 1.807) is 12.1 Å². The van der Waals surface area contributed by atoms with E-state index < -0.39 is 0 Å². The largest absolute Gasteiger partial charge is 0.455 e. The molecule has 4 heteroatoms. The Morgan fingerprint density at radius 3 is 2.33 bits per heavy atom. The van der Waals surface area contributed by atoms with Crippen molar-refractivity contribution in [2.24, 2.45) is 0 Å². The van der Waals surface area contributed by atoms with Crippen molar-refractivity contribution in [3.8, 4) is 17.8 Å². The fourth-order valence-corrected chi connectivity index (χ4v) is 4.38. The van der Waals surface area contributed by atoms with Gasteiger partial charge < -0.3 is 8.98 Å². The second-order valence-corrected chi connectivity index (χ2v) is 7.24. The molecule has 0 radical (unpaired) electrons. The molecular formula is C26H13N3O. The minimum absolute atomic E-state index is 0.460. The third-order valence-electron chi connectivity index (χ3n) is 5.67. The number of hydrogen-bond donors (Lipinski definition) is 0. The first-order valence-corrected chi connectivity index (χ1v) is 9.58. The first-order chi connectivity index (χ1) is 14.8. The highest BCUT2D eigenvalue weighted by molar-refractivity contribution is 6.23. The van der Waals surface area contributed by atoms with E-state index in [-0.39, 0.29) is 0 Å². The maximum atomic E-state index is 9.76. The molecule has 0 unspecified atom stereocenters. The van der Waals surface area contributed by atoms with Crippen LogP contribution in [0.5, 0.6) is 0 Å².